The molecule has 2 aromatic heterocycles. The molecule has 3 aromatic rings. The number of carbonyl (C=O) groups is 1. The van der Waals surface area contributed by atoms with E-state index in [1.54, 1.807) is 18.5 Å². The number of fused-ring (bicyclic) bond motifs is 1. The number of aryl methyl sites for hydroxylation is 2. The Morgan fingerprint density at radius 2 is 1.93 bits per heavy atom. The largest absolute Gasteiger partial charge is 0.351 e. The fourth-order valence-electron chi connectivity index (χ4n) is 3.66. The van der Waals surface area contributed by atoms with Gasteiger partial charge in [0, 0.05) is 6.04 Å². The van der Waals surface area contributed by atoms with E-state index < -0.39 is 27.3 Å². The quantitative estimate of drug-likeness (QED) is 0.663. The van der Waals surface area contributed by atoms with Crippen molar-refractivity contribution in [1.29, 1.82) is 0 Å². The molecule has 1 saturated heterocycles. The Hall–Kier alpha value is -3.01. The van der Waals surface area contributed by atoms with Gasteiger partial charge in [-0.15, -0.1) is 0 Å². The van der Waals surface area contributed by atoms with Crippen molar-refractivity contribution in [3.05, 3.63) is 52.1 Å². The number of benzene rings is 1. The number of hydrogen-bond acceptors (Lipinski definition) is 6. The van der Waals surface area contributed by atoms with Gasteiger partial charge >= 0.3 is 0 Å². The summed E-state index contributed by atoms with van der Waals surface area (Å²) in [7, 11) is -3.10. The molecule has 0 bridgehead atoms. The third-order valence-electron chi connectivity index (χ3n) is 5.07. The number of aromatic nitrogens is 4. The second-order valence-electron chi connectivity index (χ2n) is 7.27. The minimum Gasteiger partial charge on any atom is -0.351 e. The van der Waals surface area contributed by atoms with Crippen molar-refractivity contribution >= 4 is 26.6 Å². The number of amides is 1. The van der Waals surface area contributed by atoms with Crippen LogP contribution in [0.25, 0.3) is 16.6 Å². The lowest BCUT2D eigenvalue weighted by Crippen LogP contribution is -2.40. The lowest BCUT2D eigenvalue weighted by Gasteiger charge is -2.11. The van der Waals surface area contributed by atoms with E-state index >= 15 is 0 Å². The topological polar surface area (TPSA) is 116 Å². The zero-order chi connectivity index (χ0) is 20.8. The first-order valence-corrected chi connectivity index (χ1v) is 11.1. The number of sulfone groups is 1. The zero-order valence-electron chi connectivity index (χ0n) is 16.1. The standard InChI is InChI=1S/C19H21N5O4S/c1-12-18-17(13(2)24(22-18)15-6-4-3-5-7-15)19(26)23(21-12)10-16(25)20-14-8-9-29(27,28)11-14/h3-7,14H,8-11H2,1-2H3,(H,20,25)/t14-/m1/s1. The minimum absolute atomic E-state index is 0.0674. The van der Waals surface area contributed by atoms with Gasteiger partial charge in [0.25, 0.3) is 5.56 Å². The normalized spacial score (nSPS) is 18.2. The van der Waals surface area contributed by atoms with Crippen LogP contribution in [0.2, 0.25) is 0 Å². The van der Waals surface area contributed by atoms with Gasteiger partial charge in [-0.1, -0.05) is 18.2 Å². The molecule has 4 rings (SSSR count). The van der Waals surface area contributed by atoms with E-state index in [-0.39, 0.29) is 18.1 Å². The number of rotatable bonds is 4. The summed E-state index contributed by atoms with van der Waals surface area (Å²) in [6.45, 7) is 3.26. The van der Waals surface area contributed by atoms with Crippen LogP contribution >= 0.6 is 0 Å². The third kappa shape index (κ3) is 3.67. The number of hydrogen-bond donors (Lipinski definition) is 1. The van der Waals surface area contributed by atoms with Crippen LogP contribution in [0.15, 0.2) is 35.1 Å². The van der Waals surface area contributed by atoms with Gasteiger partial charge in [0.15, 0.2) is 9.84 Å². The molecule has 0 radical (unpaired) electrons. The van der Waals surface area contributed by atoms with Gasteiger partial charge in [-0.25, -0.2) is 17.8 Å². The van der Waals surface area contributed by atoms with Gasteiger partial charge in [0.2, 0.25) is 5.91 Å². The van der Waals surface area contributed by atoms with Crippen molar-refractivity contribution in [2.24, 2.45) is 0 Å². The molecule has 1 atom stereocenters. The summed E-state index contributed by atoms with van der Waals surface area (Å²) in [5.41, 5.74) is 2.12. The molecule has 3 heterocycles. The van der Waals surface area contributed by atoms with Crippen LogP contribution in [0, 0.1) is 13.8 Å². The van der Waals surface area contributed by atoms with Crippen LogP contribution in [0.4, 0.5) is 0 Å². The maximum absolute atomic E-state index is 13.0. The Labute approximate surface area is 167 Å². The number of nitrogens with zero attached hydrogens (tertiary/aromatic N) is 4. The molecule has 1 aromatic carbocycles. The molecule has 0 aliphatic carbocycles. The second-order valence-corrected chi connectivity index (χ2v) is 9.50. The van der Waals surface area contributed by atoms with Crippen molar-refractivity contribution in [3.8, 4) is 5.69 Å². The smallest absolute Gasteiger partial charge is 0.278 e. The second kappa shape index (κ2) is 7.11. The van der Waals surface area contributed by atoms with Crippen LogP contribution in [-0.4, -0.2) is 51.4 Å². The molecular formula is C19H21N5O4S. The summed E-state index contributed by atoms with van der Waals surface area (Å²) in [4.78, 5) is 25.4. The highest BCUT2D eigenvalue weighted by atomic mass is 32.2. The molecule has 10 heteroatoms. The molecule has 1 N–H and O–H groups in total. The first-order chi connectivity index (χ1) is 13.7. The summed E-state index contributed by atoms with van der Waals surface area (Å²) in [5.74, 6) is -0.435. The molecule has 29 heavy (non-hydrogen) atoms. The van der Waals surface area contributed by atoms with E-state index in [4.69, 9.17) is 0 Å². The van der Waals surface area contributed by atoms with E-state index in [1.165, 1.54) is 0 Å². The number of para-hydroxylation sites is 1. The molecule has 152 valence electrons. The lowest BCUT2D eigenvalue weighted by molar-refractivity contribution is -0.122. The highest BCUT2D eigenvalue weighted by molar-refractivity contribution is 7.91. The van der Waals surface area contributed by atoms with E-state index in [1.807, 2.05) is 30.3 Å². The first kappa shape index (κ1) is 19.3. The Morgan fingerprint density at radius 1 is 1.21 bits per heavy atom. The SMILES string of the molecule is Cc1nn(CC(=O)N[C@@H]2CCS(=O)(=O)C2)c(=O)c2c(C)n(-c3ccccc3)nc12. The van der Waals surface area contributed by atoms with Gasteiger partial charge in [-0.2, -0.15) is 10.2 Å². The average molecular weight is 415 g/mol. The monoisotopic (exact) mass is 415 g/mol. The summed E-state index contributed by atoms with van der Waals surface area (Å²) in [6.07, 6.45) is 0.386. The Balaban J connectivity index is 1.66. The minimum atomic E-state index is -3.10. The maximum Gasteiger partial charge on any atom is 0.278 e. The maximum atomic E-state index is 13.0. The average Bonchev–Trinajstić information content (AvgIpc) is 3.19. The predicted molar refractivity (Wildman–Crippen MR) is 108 cm³/mol. The van der Waals surface area contributed by atoms with Gasteiger partial charge < -0.3 is 5.32 Å². The fraction of sp³-hybridized carbons (Fsp3) is 0.368. The van der Waals surface area contributed by atoms with E-state index in [0.29, 0.717) is 28.7 Å². The van der Waals surface area contributed by atoms with E-state index in [2.05, 4.69) is 15.5 Å². The summed E-state index contributed by atoms with van der Waals surface area (Å²) < 4.78 is 25.9. The van der Waals surface area contributed by atoms with Crippen LogP contribution in [-0.2, 0) is 21.2 Å². The molecule has 1 aliphatic heterocycles. The Morgan fingerprint density at radius 3 is 2.59 bits per heavy atom. The lowest BCUT2D eigenvalue weighted by atomic mass is 10.2. The summed E-state index contributed by atoms with van der Waals surface area (Å²) in [5, 5.41) is 11.9. The van der Waals surface area contributed by atoms with Gasteiger partial charge in [-0.3, -0.25) is 9.59 Å². The Bertz CT molecular complexity index is 1260. The van der Waals surface area contributed by atoms with Gasteiger partial charge in [0.05, 0.1) is 34.0 Å². The predicted octanol–water partition coefficient (Wildman–Crippen LogP) is 0.502. The fourth-order valence-corrected chi connectivity index (χ4v) is 5.33. The third-order valence-corrected chi connectivity index (χ3v) is 6.84. The molecule has 1 aliphatic rings. The first-order valence-electron chi connectivity index (χ1n) is 9.27. The molecule has 0 spiro atoms. The highest BCUT2D eigenvalue weighted by Crippen LogP contribution is 2.19. The van der Waals surface area contributed by atoms with Crippen LogP contribution < -0.4 is 10.9 Å². The van der Waals surface area contributed by atoms with Crippen LogP contribution in [0.5, 0.6) is 0 Å². The molecular weight excluding hydrogens is 394 g/mol. The molecule has 0 unspecified atom stereocenters. The molecule has 1 fully saturated rings. The van der Waals surface area contributed by atoms with Crippen molar-refractivity contribution in [2.45, 2.75) is 32.9 Å². The van der Waals surface area contributed by atoms with Gasteiger partial charge in [-0.05, 0) is 32.4 Å². The van der Waals surface area contributed by atoms with Crippen molar-refractivity contribution in [2.75, 3.05) is 11.5 Å². The van der Waals surface area contributed by atoms with Crippen molar-refractivity contribution in [1.82, 2.24) is 24.9 Å². The van der Waals surface area contributed by atoms with Crippen molar-refractivity contribution < 1.29 is 13.2 Å². The molecule has 9 nitrogen and oxygen atoms in total. The molecule has 1 amide bonds. The summed E-state index contributed by atoms with van der Waals surface area (Å²) >= 11 is 0. The number of nitrogens with one attached hydrogen (secondary N) is 1. The summed E-state index contributed by atoms with van der Waals surface area (Å²) in [6, 6.07) is 9.04. The zero-order valence-corrected chi connectivity index (χ0v) is 16.9. The van der Waals surface area contributed by atoms with Crippen molar-refractivity contribution in [3.63, 3.8) is 0 Å². The van der Waals surface area contributed by atoms with E-state index in [9.17, 15) is 18.0 Å². The number of carbonyl (C=O) groups excluding carboxylic acids is 1. The van der Waals surface area contributed by atoms with Gasteiger partial charge in [0.1, 0.15) is 12.1 Å². The van der Waals surface area contributed by atoms with Crippen LogP contribution in [0.1, 0.15) is 17.8 Å². The van der Waals surface area contributed by atoms with Crippen LogP contribution in [0.3, 0.4) is 0 Å². The molecule has 0 saturated carbocycles. The Kier molecular flexibility index (Phi) is 4.73. The van der Waals surface area contributed by atoms with E-state index in [0.717, 1.165) is 10.4 Å². The highest BCUT2D eigenvalue weighted by Gasteiger charge is 2.29.